The predicted octanol–water partition coefficient (Wildman–Crippen LogP) is 7.26. The number of aromatic nitrogens is 4. The van der Waals surface area contributed by atoms with Crippen molar-refractivity contribution in [2.75, 3.05) is 13.1 Å². The zero-order valence-corrected chi connectivity index (χ0v) is 33.3. The molecule has 6 N–H and O–H groups in total. The van der Waals surface area contributed by atoms with E-state index in [-0.39, 0.29) is 23.9 Å². The quantitative estimate of drug-likeness (QED) is 0.0812. The molecule has 0 unspecified atom stereocenters. The van der Waals surface area contributed by atoms with E-state index >= 15 is 0 Å². The fourth-order valence-electron chi connectivity index (χ4n) is 9.37. The number of nitrogens with one attached hydrogen (secondary N) is 4. The first-order valence-corrected chi connectivity index (χ1v) is 20.6. The zero-order valence-electron chi connectivity index (χ0n) is 33.3. The van der Waals surface area contributed by atoms with E-state index in [1.165, 1.54) is 0 Å². The summed E-state index contributed by atoms with van der Waals surface area (Å²) in [6.45, 7) is 1.57. The van der Waals surface area contributed by atoms with Gasteiger partial charge in [-0.3, -0.25) is 9.59 Å². The number of rotatable bonds is 10. The Balaban J connectivity index is 0.883. The lowest BCUT2D eigenvalue weighted by Gasteiger charge is -2.30. The highest BCUT2D eigenvalue weighted by Gasteiger charge is 2.39. The van der Waals surface area contributed by atoms with Crippen LogP contribution in [-0.4, -0.2) is 77.0 Å². The van der Waals surface area contributed by atoms with Gasteiger partial charge in [-0.25, -0.2) is 19.6 Å². The van der Waals surface area contributed by atoms with Gasteiger partial charge >= 0.3 is 12.2 Å². The number of hydrogen-bond acceptors (Lipinski definition) is 8. The third kappa shape index (κ3) is 7.02. The molecule has 0 aliphatic carbocycles. The zero-order chi connectivity index (χ0) is 42.5. The van der Waals surface area contributed by atoms with Gasteiger partial charge in [0.25, 0.3) is 11.8 Å². The largest absolute Gasteiger partial charge is 0.488 e. The fraction of sp³-hybridized carbons (Fsp3) is 0.261. The summed E-state index contributed by atoms with van der Waals surface area (Å²) in [6, 6.07) is 23.0. The average Bonchev–Trinajstić information content (AvgIpc) is 4.14. The normalized spacial score (nSPS) is 18.3. The molecular weight excluding hydrogens is 793 g/mol. The number of nitrogens with zero attached hydrogens (tertiary/aromatic N) is 4. The SMILES string of the molecule is O=C(O)N[C@@H](C(=O)N1CCC[C@H]1c1ncc(-c2cc3c4c(c2)OCc2cc(-c5cnc([C@@H]6CCCN6C(=O)[C@H](NC(=O)O)c6ccccc6)[nH]5)cc(c2-4)OC3)[nH]1)c1ccccc1. The Bertz CT molecular complexity index is 2480. The van der Waals surface area contributed by atoms with Crippen molar-refractivity contribution in [3.05, 3.63) is 131 Å². The first-order valence-electron chi connectivity index (χ1n) is 20.6. The number of aromatic amines is 2. The van der Waals surface area contributed by atoms with E-state index in [1.54, 1.807) is 70.7 Å². The Morgan fingerprint density at radius 3 is 1.45 bits per heavy atom. The highest BCUT2D eigenvalue weighted by atomic mass is 16.5. The molecule has 4 aliphatic rings. The smallest absolute Gasteiger partial charge is 0.405 e. The number of hydrogen-bond donors (Lipinski definition) is 6. The van der Waals surface area contributed by atoms with Crippen LogP contribution in [0.15, 0.2) is 97.3 Å². The van der Waals surface area contributed by atoms with Crippen molar-refractivity contribution in [1.29, 1.82) is 0 Å². The van der Waals surface area contributed by atoms with Gasteiger partial charge in [-0.05, 0) is 61.1 Å². The van der Waals surface area contributed by atoms with Crippen LogP contribution in [0.3, 0.4) is 0 Å². The van der Waals surface area contributed by atoms with E-state index in [2.05, 4.69) is 32.7 Å². The molecule has 2 saturated heterocycles. The molecule has 2 fully saturated rings. The van der Waals surface area contributed by atoms with Gasteiger partial charge in [0.05, 0.1) is 35.9 Å². The molecule has 4 amide bonds. The van der Waals surface area contributed by atoms with Gasteiger partial charge in [-0.2, -0.15) is 0 Å². The van der Waals surface area contributed by atoms with E-state index in [1.807, 2.05) is 24.3 Å². The van der Waals surface area contributed by atoms with Crippen molar-refractivity contribution >= 4 is 24.0 Å². The van der Waals surface area contributed by atoms with Crippen molar-refractivity contribution in [3.63, 3.8) is 0 Å². The van der Waals surface area contributed by atoms with Crippen LogP contribution in [0.4, 0.5) is 9.59 Å². The summed E-state index contributed by atoms with van der Waals surface area (Å²) >= 11 is 0. The van der Waals surface area contributed by atoms with Crippen LogP contribution >= 0.6 is 0 Å². The molecule has 314 valence electrons. The molecule has 6 aromatic rings. The molecular formula is C46H42N8O8. The number of imidazole rings is 2. The van der Waals surface area contributed by atoms with E-state index in [0.29, 0.717) is 61.9 Å². The van der Waals surface area contributed by atoms with Crippen molar-refractivity contribution < 1.29 is 38.9 Å². The third-order valence-electron chi connectivity index (χ3n) is 12.2. The number of ether oxygens (including phenoxy) is 2. The second-order valence-corrected chi connectivity index (χ2v) is 15.9. The topological polar surface area (TPSA) is 215 Å². The molecule has 4 aromatic carbocycles. The van der Waals surface area contributed by atoms with Gasteiger partial charge in [0, 0.05) is 46.5 Å². The summed E-state index contributed by atoms with van der Waals surface area (Å²) in [7, 11) is 0. The lowest BCUT2D eigenvalue weighted by atomic mass is 9.87. The molecule has 0 radical (unpaired) electrons. The van der Waals surface area contributed by atoms with Crippen LogP contribution in [0, 0.1) is 0 Å². The van der Waals surface area contributed by atoms with Crippen LogP contribution in [0.25, 0.3) is 33.6 Å². The third-order valence-corrected chi connectivity index (χ3v) is 12.2. The number of benzene rings is 4. The van der Waals surface area contributed by atoms with Gasteiger partial charge in [0.15, 0.2) is 0 Å². The number of H-pyrrole nitrogens is 2. The first kappa shape index (κ1) is 38.6. The van der Waals surface area contributed by atoms with Crippen LogP contribution in [0.1, 0.15) is 83.8 Å². The number of amides is 4. The molecule has 0 bridgehead atoms. The van der Waals surface area contributed by atoms with Crippen molar-refractivity contribution in [1.82, 2.24) is 40.4 Å². The van der Waals surface area contributed by atoms with Gasteiger partial charge in [0.2, 0.25) is 0 Å². The minimum absolute atomic E-state index is 0.305. The Morgan fingerprint density at radius 1 is 0.629 bits per heavy atom. The maximum absolute atomic E-state index is 13.9. The maximum atomic E-state index is 13.9. The van der Waals surface area contributed by atoms with Gasteiger partial charge in [0.1, 0.15) is 48.4 Å². The number of carboxylic acid groups (broad SMARTS) is 2. The second-order valence-electron chi connectivity index (χ2n) is 15.9. The van der Waals surface area contributed by atoms with Crippen LogP contribution in [0.5, 0.6) is 11.5 Å². The highest BCUT2D eigenvalue weighted by Crippen LogP contribution is 2.51. The Labute approximate surface area is 354 Å². The molecule has 0 spiro atoms. The molecule has 16 heteroatoms. The fourth-order valence-corrected chi connectivity index (χ4v) is 9.37. The lowest BCUT2D eigenvalue weighted by molar-refractivity contribution is -0.135. The van der Waals surface area contributed by atoms with Crippen molar-refractivity contribution in [2.45, 2.75) is 63.1 Å². The molecule has 62 heavy (non-hydrogen) atoms. The number of carbonyl (C=O) groups excluding carboxylic acids is 2. The summed E-state index contributed by atoms with van der Waals surface area (Å²) in [4.78, 5) is 70.9. The Hall–Kier alpha value is -7.62. The minimum Gasteiger partial charge on any atom is -0.488 e. The summed E-state index contributed by atoms with van der Waals surface area (Å²) < 4.78 is 12.9. The van der Waals surface area contributed by atoms with Gasteiger partial charge in [-0.1, -0.05) is 60.7 Å². The molecule has 4 atom stereocenters. The first-order chi connectivity index (χ1) is 30.2. The van der Waals surface area contributed by atoms with Crippen LogP contribution in [0.2, 0.25) is 0 Å². The number of likely N-dealkylation sites (tertiary alicyclic amines) is 2. The number of carbonyl (C=O) groups is 4. The molecule has 10 rings (SSSR count). The maximum Gasteiger partial charge on any atom is 0.405 e. The standard InChI is InChI=1S/C46H42N8O8/c55-43(39(51-45(57)58)25-9-3-1-4-10-25)53-15-7-13-33(53)41-47-21-31(49-41)27-17-29-23-62-36-20-28(18-30-24-61-35(19-27)37(29)38(30)36)32-22-48-42(50-32)34-14-8-16-54(34)44(56)40(52-46(59)60)26-11-5-2-6-12-26/h1-6,9-12,17-22,33-34,39-40,51-52H,7-8,13-16,23-24H2,(H,47,49)(H,48,50)(H,57,58)(H,59,60)/t33-,34-,39+,40+/m0/s1. The molecule has 2 aromatic heterocycles. The van der Waals surface area contributed by atoms with E-state index in [0.717, 1.165) is 69.1 Å². The van der Waals surface area contributed by atoms with Crippen LogP contribution < -0.4 is 20.1 Å². The molecule has 4 aliphatic heterocycles. The van der Waals surface area contributed by atoms with E-state index in [4.69, 9.17) is 19.4 Å². The molecule has 16 nitrogen and oxygen atoms in total. The van der Waals surface area contributed by atoms with Gasteiger partial charge < -0.3 is 50.1 Å². The Morgan fingerprint density at radius 2 is 1.05 bits per heavy atom. The average molecular weight is 835 g/mol. The monoisotopic (exact) mass is 834 g/mol. The lowest BCUT2D eigenvalue weighted by Crippen LogP contribution is -2.42. The summed E-state index contributed by atoms with van der Waals surface area (Å²) in [5, 5.41) is 23.9. The summed E-state index contributed by atoms with van der Waals surface area (Å²) in [5.41, 5.74) is 8.22. The van der Waals surface area contributed by atoms with E-state index in [9.17, 15) is 29.4 Å². The summed E-state index contributed by atoms with van der Waals surface area (Å²) in [5.74, 6) is 2.04. The Kier molecular flexibility index (Phi) is 9.81. The van der Waals surface area contributed by atoms with Crippen molar-refractivity contribution in [2.24, 2.45) is 0 Å². The van der Waals surface area contributed by atoms with Crippen molar-refractivity contribution in [3.8, 4) is 45.1 Å². The highest BCUT2D eigenvalue weighted by molar-refractivity contribution is 5.90. The van der Waals surface area contributed by atoms with Crippen LogP contribution in [-0.2, 0) is 22.8 Å². The predicted molar refractivity (Wildman–Crippen MR) is 224 cm³/mol. The molecule has 6 heterocycles. The summed E-state index contributed by atoms with van der Waals surface area (Å²) in [6.07, 6.45) is 3.82. The minimum atomic E-state index is -1.27. The van der Waals surface area contributed by atoms with E-state index < -0.39 is 24.3 Å². The van der Waals surface area contributed by atoms with Gasteiger partial charge in [-0.15, -0.1) is 0 Å². The molecule has 0 saturated carbocycles. The second kappa shape index (κ2) is 15.8.